The van der Waals surface area contributed by atoms with E-state index in [1.54, 1.807) is 22.7 Å². The fourth-order valence-corrected chi connectivity index (χ4v) is 2.87. The molecule has 0 aliphatic rings. The van der Waals surface area contributed by atoms with E-state index in [0.717, 1.165) is 33.8 Å². The van der Waals surface area contributed by atoms with E-state index in [4.69, 9.17) is 9.15 Å². The van der Waals surface area contributed by atoms with Crippen LogP contribution in [0.4, 0.5) is 0 Å². The molecule has 0 aliphatic carbocycles. The van der Waals surface area contributed by atoms with Gasteiger partial charge in [-0.25, -0.2) is 0 Å². The van der Waals surface area contributed by atoms with Crippen LogP contribution in [0.25, 0.3) is 0 Å². The van der Waals surface area contributed by atoms with Gasteiger partial charge in [0.15, 0.2) is 5.82 Å². The van der Waals surface area contributed by atoms with Crippen LogP contribution in [0.1, 0.15) is 29.8 Å². The van der Waals surface area contributed by atoms with Crippen LogP contribution in [0, 0.1) is 13.8 Å². The number of ether oxygens (including phenoxy) is 1. The van der Waals surface area contributed by atoms with Crippen molar-refractivity contribution in [2.24, 2.45) is 5.10 Å². The molecule has 130 valence electrons. The topological polar surface area (TPSA) is 65.4 Å². The molecule has 2 aromatic heterocycles. The molecule has 3 aromatic rings. The van der Waals surface area contributed by atoms with Crippen LogP contribution < -0.4 is 4.74 Å². The summed E-state index contributed by atoms with van der Waals surface area (Å²) in [7, 11) is 0. The fourth-order valence-electron chi connectivity index (χ4n) is 2.21. The van der Waals surface area contributed by atoms with Gasteiger partial charge in [0, 0.05) is 0 Å². The lowest BCUT2D eigenvalue weighted by atomic mass is 10.2. The monoisotopic (exact) mass is 356 g/mol. The highest BCUT2D eigenvalue weighted by Gasteiger charge is 2.08. The summed E-state index contributed by atoms with van der Waals surface area (Å²) in [5.74, 6) is 3.91. The number of hydrogen-bond acceptors (Lipinski definition) is 6. The zero-order valence-corrected chi connectivity index (χ0v) is 15.3. The number of thioether (sulfide) groups is 1. The Hall–Kier alpha value is -2.54. The van der Waals surface area contributed by atoms with Gasteiger partial charge < -0.3 is 9.15 Å². The van der Waals surface area contributed by atoms with Crippen LogP contribution in [0.2, 0.25) is 0 Å². The third-order valence-electron chi connectivity index (χ3n) is 3.49. The molecule has 0 unspecified atom stereocenters. The minimum absolute atomic E-state index is 0.376. The maximum atomic E-state index is 5.79. The molecule has 0 bridgehead atoms. The second-order valence-corrected chi connectivity index (χ2v) is 6.61. The highest BCUT2D eigenvalue weighted by molar-refractivity contribution is 7.99. The highest BCUT2D eigenvalue weighted by atomic mass is 32.2. The summed E-state index contributed by atoms with van der Waals surface area (Å²) >= 11 is 1.60. The van der Waals surface area contributed by atoms with E-state index in [9.17, 15) is 0 Å². The Morgan fingerprint density at radius 2 is 2.04 bits per heavy atom. The maximum Gasteiger partial charge on any atom is 0.212 e. The molecule has 0 radical (unpaired) electrons. The van der Waals surface area contributed by atoms with Crippen molar-refractivity contribution in [3.63, 3.8) is 0 Å². The van der Waals surface area contributed by atoms with Crippen LogP contribution in [0.3, 0.4) is 0 Å². The Morgan fingerprint density at radius 1 is 1.20 bits per heavy atom. The number of furan rings is 1. The van der Waals surface area contributed by atoms with Gasteiger partial charge in [0.25, 0.3) is 0 Å². The first-order valence-corrected chi connectivity index (χ1v) is 9.02. The highest BCUT2D eigenvalue weighted by Crippen LogP contribution is 2.19. The summed E-state index contributed by atoms with van der Waals surface area (Å²) in [4.78, 5) is 0. The molecule has 3 rings (SSSR count). The minimum Gasteiger partial charge on any atom is -0.485 e. The quantitative estimate of drug-likeness (QED) is 0.472. The van der Waals surface area contributed by atoms with Crippen LogP contribution in [0.15, 0.2) is 51.1 Å². The summed E-state index contributed by atoms with van der Waals surface area (Å²) in [5, 5.41) is 13.3. The van der Waals surface area contributed by atoms with Gasteiger partial charge in [0.1, 0.15) is 23.9 Å². The van der Waals surface area contributed by atoms with Gasteiger partial charge in [-0.3, -0.25) is 0 Å². The van der Waals surface area contributed by atoms with Crippen molar-refractivity contribution in [3.05, 3.63) is 59.3 Å². The maximum absolute atomic E-state index is 5.79. The van der Waals surface area contributed by atoms with Gasteiger partial charge in [-0.05, 0) is 43.4 Å². The van der Waals surface area contributed by atoms with Gasteiger partial charge in [-0.15, -0.1) is 10.2 Å². The molecule has 0 fully saturated rings. The van der Waals surface area contributed by atoms with E-state index >= 15 is 0 Å². The van der Waals surface area contributed by atoms with Crippen LogP contribution in [0.5, 0.6) is 5.75 Å². The third kappa shape index (κ3) is 4.30. The van der Waals surface area contributed by atoms with Crippen molar-refractivity contribution in [1.29, 1.82) is 0 Å². The normalized spacial score (nSPS) is 11.3. The van der Waals surface area contributed by atoms with Gasteiger partial charge >= 0.3 is 0 Å². The van der Waals surface area contributed by atoms with E-state index in [0.29, 0.717) is 12.4 Å². The standard InChI is InChI=1S/C18H20N4O2S/c1-4-25-18-21-20-14(3)22(18)19-11-15-9-10-16(24-15)12-23-17-8-6-5-7-13(17)2/h5-11H,4,12H2,1-3H3/b19-11+. The lowest BCUT2D eigenvalue weighted by molar-refractivity contribution is 0.268. The Balaban J connectivity index is 1.66. The molecule has 1 aromatic carbocycles. The molecule has 6 nitrogen and oxygen atoms in total. The summed E-state index contributed by atoms with van der Waals surface area (Å²) in [6.45, 7) is 6.33. The van der Waals surface area contributed by atoms with Crippen molar-refractivity contribution in [2.75, 3.05) is 5.75 Å². The number of aryl methyl sites for hydroxylation is 2. The molecule has 0 saturated heterocycles. The van der Waals surface area contributed by atoms with Crippen molar-refractivity contribution in [3.8, 4) is 5.75 Å². The van der Waals surface area contributed by atoms with Gasteiger partial charge in [-0.2, -0.15) is 9.78 Å². The molecule has 0 N–H and O–H groups in total. The lowest BCUT2D eigenvalue weighted by Crippen LogP contribution is -1.96. The zero-order valence-electron chi connectivity index (χ0n) is 14.5. The first kappa shape index (κ1) is 17.3. The third-order valence-corrected chi connectivity index (χ3v) is 4.29. The predicted octanol–water partition coefficient (Wildman–Crippen LogP) is 4.06. The summed E-state index contributed by atoms with van der Waals surface area (Å²) in [5.41, 5.74) is 1.10. The number of nitrogens with zero attached hydrogens (tertiary/aromatic N) is 4. The average Bonchev–Trinajstić information content (AvgIpc) is 3.20. The minimum atomic E-state index is 0.376. The molecular weight excluding hydrogens is 336 g/mol. The first-order valence-electron chi connectivity index (χ1n) is 8.03. The Kier molecular flexibility index (Phi) is 5.55. The summed E-state index contributed by atoms with van der Waals surface area (Å²) in [6.07, 6.45) is 1.66. The molecule has 7 heteroatoms. The first-order chi connectivity index (χ1) is 12.2. The Labute approximate surface area is 150 Å². The molecular formula is C18H20N4O2S. The van der Waals surface area contributed by atoms with Gasteiger partial charge in [0.2, 0.25) is 5.16 Å². The summed E-state index contributed by atoms with van der Waals surface area (Å²) < 4.78 is 13.2. The molecule has 0 amide bonds. The zero-order chi connectivity index (χ0) is 17.6. The second-order valence-electron chi connectivity index (χ2n) is 5.38. The van der Waals surface area contributed by atoms with E-state index in [1.165, 1.54) is 0 Å². The van der Waals surface area contributed by atoms with Crippen LogP contribution in [-0.2, 0) is 6.61 Å². The summed E-state index contributed by atoms with van der Waals surface area (Å²) in [6, 6.07) is 11.7. The van der Waals surface area contributed by atoms with Crippen molar-refractivity contribution in [1.82, 2.24) is 14.9 Å². The van der Waals surface area contributed by atoms with E-state index in [-0.39, 0.29) is 0 Å². The van der Waals surface area contributed by atoms with E-state index < -0.39 is 0 Å². The van der Waals surface area contributed by atoms with Crippen molar-refractivity contribution < 1.29 is 9.15 Å². The largest absolute Gasteiger partial charge is 0.485 e. The van der Waals surface area contributed by atoms with E-state index in [2.05, 4.69) is 22.2 Å². The molecule has 25 heavy (non-hydrogen) atoms. The molecule has 0 spiro atoms. The number of aromatic nitrogens is 3. The smallest absolute Gasteiger partial charge is 0.212 e. The van der Waals surface area contributed by atoms with Gasteiger partial charge in [-0.1, -0.05) is 36.9 Å². The average molecular weight is 356 g/mol. The van der Waals surface area contributed by atoms with Crippen molar-refractivity contribution in [2.45, 2.75) is 32.5 Å². The molecule has 0 aliphatic heterocycles. The van der Waals surface area contributed by atoms with Gasteiger partial charge in [0.05, 0.1) is 6.21 Å². The Bertz CT molecular complexity index is 870. The molecule has 2 heterocycles. The predicted molar refractivity (Wildman–Crippen MR) is 98.4 cm³/mol. The second kappa shape index (κ2) is 8.02. The Morgan fingerprint density at radius 3 is 2.84 bits per heavy atom. The number of rotatable bonds is 7. The van der Waals surface area contributed by atoms with Crippen molar-refractivity contribution >= 4 is 18.0 Å². The molecule has 0 saturated carbocycles. The number of para-hydroxylation sites is 1. The number of benzene rings is 1. The number of hydrogen-bond donors (Lipinski definition) is 0. The SMILES string of the molecule is CCSc1nnc(C)n1/N=C/c1ccc(COc2ccccc2C)o1. The molecule has 0 atom stereocenters. The fraction of sp³-hybridized carbons (Fsp3) is 0.278. The lowest BCUT2D eigenvalue weighted by Gasteiger charge is -2.06. The van der Waals surface area contributed by atoms with Crippen LogP contribution >= 0.6 is 11.8 Å². The van der Waals surface area contributed by atoms with Crippen LogP contribution in [-0.4, -0.2) is 26.8 Å². The van der Waals surface area contributed by atoms with E-state index in [1.807, 2.05) is 50.2 Å².